The number of aromatic nitrogens is 1. The van der Waals surface area contributed by atoms with E-state index in [4.69, 9.17) is 11.6 Å². The summed E-state index contributed by atoms with van der Waals surface area (Å²) in [6, 6.07) is 1.31. The van der Waals surface area contributed by atoms with Crippen LogP contribution in [0, 0.1) is 0 Å². The molecule has 5 heteroatoms. The molecule has 1 aromatic rings. The van der Waals surface area contributed by atoms with Crippen molar-refractivity contribution in [1.82, 2.24) is 4.98 Å². The summed E-state index contributed by atoms with van der Waals surface area (Å²) in [4.78, 5) is 13.7. The molecule has 0 aliphatic carbocycles. The van der Waals surface area contributed by atoms with E-state index in [0.29, 0.717) is 6.29 Å². The molecule has 0 saturated carbocycles. The molecule has 0 bridgehead atoms. The number of hydrogen-bond acceptors (Lipinski definition) is 2. The SMILES string of the molecule is O=Cc1cnc(C(F)F)c(CCl)c1. The van der Waals surface area contributed by atoms with Crippen molar-refractivity contribution < 1.29 is 13.6 Å². The van der Waals surface area contributed by atoms with Crippen molar-refractivity contribution >= 4 is 17.9 Å². The van der Waals surface area contributed by atoms with Crippen LogP contribution in [-0.2, 0) is 5.88 Å². The van der Waals surface area contributed by atoms with Gasteiger partial charge in [0.1, 0.15) is 5.69 Å². The molecule has 0 atom stereocenters. The maximum atomic E-state index is 12.2. The summed E-state index contributed by atoms with van der Waals surface area (Å²) in [6.45, 7) is 0. The summed E-state index contributed by atoms with van der Waals surface area (Å²) in [7, 11) is 0. The van der Waals surface area contributed by atoms with Crippen molar-refractivity contribution in [2.75, 3.05) is 0 Å². The Bertz CT molecular complexity index is 317. The first-order chi connectivity index (χ1) is 6.19. The van der Waals surface area contributed by atoms with Crippen LogP contribution in [0.5, 0.6) is 0 Å². The van der Waals surface area contributed by atoms with E-state index in [1.807, 2.05) is 0 Å². The number of nitrogens with zero attached hydrogens (tertiary/aromatic N) is 1. The Labute approximate surface area is 78.5 Å². The van der Waals surface area contributed by atoms with E-state index in [1.165, 1.54) is 6.07 Å². The summed E-state index contributed by atoms with van der Waals surface area (Å²) >= 11 is 5.42. The van der Waals surface area contributed by atoms with Crippen molar-refractivity contribution in [1.29, 1.82) is 0 Å². The smallest absolute Gasteiger partial charge is 0.280 e. The van der Waals surface area contributed by atoms with Crippen molar-refractivity contribution in [2.24, 2.45) is 0 Å². The number of alkyl halides is 3. The number of rotatable bonds is 3. The molecule has 1 rings (SSSR count). The number of halogens is 3. The monoisotopic (exact) mass is 205 g/mol. The maximum absolute atomic E-state index is 12.2. The topological polar surface area (TPSA) is 30.0 Å². The van der Waals surface area contributed by atoms with Crippen LogP contribution in [0.3, 0.4) is 0 Å². The molecule has 2 nitrogen and oxygen atoms in total. The molecular formula is C8H6ClF2NO. The lowest BCUT2D eigenvalue weighted by molar-refractivity contribution is 0.112. The standard InChI is InChI=1S/C8H6ClF2NO/c9-2-6-1-5(4-13)3-12-7(6)8(10)11/h1,3-4,8H,2H2. The molecule has 0 radical (unpaired) electrons. The van der Waals surface area contributed by atoms with Gasteiger partial charge in [-0.1, -0.05) is 0 Å². The minimum absolute atomic E-state index is 0.0750. The first-order valence-corrected chi connectivity index (χ1v) is 4.00. The van der Waals surface area contributed by atoms with Crippen molar-refractivity contribution in [3.63, 3.8) is 0 Å². The predicted molar refractivity (Wildman–Crippen MR) is 44.1 cm³/mol. The summed E-state index contributed by atoms with van der Waals surface area (Å²) in [6.07, 6.45) is -1.02. The summed E-state index contributed by atoms with van der Waals surface area (Å²) in [5.41, 5.74) is 0.0851. The van der Waals surface area contributed by atoms with Gasteiger partial charge in [0.2, 0.25) is 0 Å². The third kappa shape index (κ3) is 2.21. The van der Waals surface area contributed by atoms with Crippen molar-refractivity contribution in [2.45, 2.75) is 12.3 Å². The Morgan fingerprint density at radius 1 is 1.62 bits per heavy atom. The van der Waals surface area contributed by atoms with Crippen LogP contribution in [0.1, 0.15) is 28.0 Å². The molecule has 13 heavy (non-hydrogen) atoms. The van der Waals surface area contributed by atoms with Gasteiger partial charge in [-0.05, 0) is 11.6 Å². The van der Waals surface area contributed by atoms with Crippen molar-refractivity contribution in [3.05, 3.63) is 29.1 Å². The van der Waals surface area contributed by atoms with Gasteiger partial charge in [0.15, 0.2) is 6.29 Å². The Morgan fingerprint density at radius 3 is 2.77 bits per heavy atom. The van der Waals surface area contributed by atoms with E-state index in [1.54, 1.807) is 0 Å². The van der Waals surface area contributed by atoms with E-state index >= 15 is 0 Å². The van der Waals surface area contributed by atoms with Gasteiger partial charge in [-0.3, -0.25) is 9.78 Å². The van der Waals surface area contributed by atoms with E-state index in [9.17, 15) is 13.6 Å². The van der Waals surface area contributed by atoms with Gasteiger partial charge in [0.05, 0.1) is 0 Å². The Hall–Kier alpha value is -1.03. The fourth-order valence-electron chi connectivity index (χ4n) is 0.907. The molecule has 0 fully saturated rings. The van der Waals surface area contributed by atoms with E-state index < -0.39 is 6.43 Å². The molecule has 0 saturated heterocycles. The predicted octanol–water partition coefficient (Wildman–Crippen LogP) is 2.57. The molecule has 1 aromatic heterocycles. The highest BCUT2D eigenvalue weighted by Gasteiger charge is 2.14. The lowest BCUT2D eigenvalue weighted by atomic mass is 10.1. The number of carbonyl (C=O) groups is 1. The fraction of sp³-hybridized carbons (Fsp3) is 0.250. The molecule has 1 heterocycles. The second-order valence-electron chi connectivity index (χ2n) is 2.37. The van der Waals surface area contributed by atoms with Crippen molar-refractivity contribution in [3.8, 4) is 0 Å². The Kier molecular flexibility index (Phi) is 3.31. The molecule has 70 valence electrons. The molecule has 0 unspecified atom stereocenters. The van der Waals surface area contributed by atoms with Crippen LogP contribution >= 0.6 is 11.6 Å². The highest BCUT2D eigenvalue weighted by Crippen LogP contribution is 2.22. The average molecular weight is 206 g/mol. The maximum Gasteiger partial charge on any atom is 0.280 e. The largest absolute Gasteiger partial charge is 0.298 e. The average Bonchev–Trinajstić information content (AvgIpc) is 2.16. The second-order valence-corrected chi connectivity index (χ2v) is 2.63. The number of pyridine rings is 1. The summed E-state index contributed by atoms with van der Waals surface area (Å²) in [5, 5.41) is 0. The highest BCUT2D eigenvalue weighted by atomic mass is 35.5. The Morgan fingerprint density at radius 2 is 2.31 bits per heavy atom. The van der Waals surface area contributed by atoms with E-state index in [2.05, 4.69) is 4.98 Å². The zero-order chi connectivity index (χ0) is 9.84. The van der Waals surface area contributed by atoms with Crippen LogP contribution < -0.4 is 0 Å². The van der Waals surface area contributed by atoms with Crippen LogP contribution in [0.25, 0.3) is 0 Å². The Balaban J connectivity index is 3.15. The number of aldehydes is 1. The van der Waals surface area contributed by atoms with Crippen LogP contribution in [0.15, 0.2) is 12.3 Å². The lowest BCUT2D eigenvalue weighted by Gasteiger charge is -2.04. The third-order valence-electron chi connectivity index (χ3n) is 1.51. The lowest BCUT2D eigenvalue weighted by Crippen LogP contribution is -1.98. The van der Waals surface area contributed by atoms with Gasteiger partial charge in [-0.2, -0.15) is 0 Å². The molecule has 0 aliphatic heterocycles. The van der Waals surface area contributed by atoms with Crippen LogP contribution in [-0.4, -0.2) is 11.3 Å². The van der Waals surface area contributed by atoms with Gasteiger partial charge in [0, 0.05) is 17.6 Å². The van der Waals surface area contributed by atoms with Gasteiger partial charge >= 0.3 is 0 Å². The van der Waals surface area contributed by atoms with Gasteiger partial charge in [-0.25, -0.2) is 8.78 Å². The minimum atomic E-state index is -2.66. The quantitative estimate of drug-likeness (QED) is 0.561. The van der Waals surface area contributed by atoms with E-state index in [0.717, 1.165) is 6.20 Å². The van der Waals surface area contributed by atoms with Gasteiger partial charge in [-0.15, -0.1) is 11.6 Å². The molecule has 0 spiro atoms. The third-order valence-corrected chi connectivity index (χ3v) is 1.80. The van der Waals surface area contributed by atoms with Gasteiger partial charge in [0.25, 0.3) is 6.43 Å². The summed E-state index contributed by atoms with van der Waals surface area (Å²) < 4.78 is 24.5. The van der Waals surface area contributed by atoms with Crippen LogP contribution in [0.4, 0.5) is 8.78 Å². The fourth-order valence-corrected chi connectivity index (χ4v) is 1.12. The molecular weight excluding hydrogens is 200 g/mol. The van der Waals surface area contributed by atoms with Gasteiger partial charge < -0.3 is 0 Å². The summed E-state index contributed by atoms with van der Waals surface area (Å²) in [5.74, 6) is -0.0750. The first-order valence-electron chi connectivity index (χ1n) is 3.47. The first kappa shape index (κ1) is 10.1. The molecule has 0 N–H and O–H groups in total. The molecule has 0 aliphatic rings. The molecule has 0 amide bonds. The zero-order valence-corrected chi connectivity index (χ0v) is 7.26. The number of hydrogen-bond donors (Lipinski definition) is 0. The zero-order valence-electron chi connectivity index (χ0n) is 6.51. The number of carbonyl (C=O) groups excluding carboxylic acids is 1. The van der Waals surface area contributed by atoms with E-state index in [-0.39, 0.29) is 22.7 Å². The second kappa shape index (κ2) is 4.28. The van der Waals surface area contributed by atoms with Crippen LogP contribution in [0.2, 0.25) is 0 Å². The highest BCUT2D eigenvalue weighted by molar-refractivity contribution is 6.17. The minimum Gasteiger partial charge on any atom is -0.298 e. The molecule has 0 aromatic carbocycles. The normalized spacial score (nSPS) is 10.5.